The molecule has 1 aromatic heterocycles. The number of carbonyl (C=O) groups excluding carboxylic acids is 2. The van der Waals surface area contributed by atoms with E-state index in [4.69, 9.17) is 0 Å². The molecule has 2 aliphatic heterocycles. The van der Waals surface area contributed by atoms with E-state index in [9.17, 15) is 31.2 Å². The molecule has 9 nitrogen and oxygen atoms in total. The Morgan fingerprint density at radius 3 is 2.53 bits per heavy atom. The number of fused-ring (bicyclic) bond motifs is 1. The van der Waals surface area contributed by atoms with Gasteiger partial charge in [0.2, 0.25) is 10.0 Å². The average molecular weight is 526 g/mol. The van der Waals surface area contributed by atoms with Gasteiger partial charge in [0.15, 0.2) is 0 Å². The Balaban J connectivity index is 1.40. The van der Waals surface area contributed by atoms with Crippen molar-refractivity contribution in [3.63, 3.8) is 0 Å². The van der Waals surface area contributed by atoms with Crippen molar-refractivity contribution in [2.75, 3.05) is 38.6 Å². The fourth-order valence-corrected chi connectivity index (χ4v) is 5.32. The number of carbonyl (C=O) groups is 2. The minimum absolute atomic E-state index is 0.0481. The number of hydrogen-bond donors (Lipinski definition) is 1. The lowest BCUT2D eigenvalue weighted by atomic mass is 10.0. The highest BCUT2D eigenvalue weighted by Gasteiger charge is 2.34. The SMILES string of the molecule is CN(C)S(=O)(=O)c1ccc2c(c1)CCN2C(=O)NC1CCCN(C(=O)c2ccc(C(F)(F)F)nc2)C1. The van der Waals surface area contributed by atoms with Crippen LogP contribution >= 0.6 is 0 Å². The molecule has 36 heavy (non-hydrogen) atoms. The number of rotatable bonds is 4. The molecule has 0 aliphatic carbocycles. The number of urea groups is 1. The lowest BCUT2D eigenvalue weighted by Crippen LogP contribution is -2.52. The van der Waals surface area contributed by atoms with Gasteiger partial charge in [0.05, 0.1) is 10.5 Å². The number of sulfonamides is 1. The second-order valence-corrected chi connectivity index (χ2v) is 11.1. The number of nitrogens with one attached hydrogen (secondary N) is 1. The molecule has 0 spiro atoms. The van der Waals surface area contributed by atoms with E-state index in [-0.39, 0.29) is 29.1 Å². The van der Waals surface area contributed by atoms with E-state index in [0.717, 1.165) is 28.2 Å². The number of amides is 3. The van der Waals surface area contributed by atoms with E-state index >= 15 is 0 Å². The highest BCUT2D eigenvalue weighted by molar-refractivity contribution is 7.89. The smallest absolute Gasteiger partial charge is 0.337 e. The predicted molar refractivity (Wildman–Crippen MR) is 125 cm³/mol. The molecule has 0 saturated carbocycles. The van der Waals surface area contributed by atoms with E-state index in [1.165, 1.54) is 25.1 Å². The third kappa shape index (κ3) is 5.16. The van der Waals surface area contributed by atoms with Crippen LogP contribution in [0.5, 0.6) is 0 Å². The maximum atomic E-state index is 13.0. The molecule has 0 bridgehead atoms. The van der Waals surface area contributed by atoms with Crippen molar-refractivity contribution in [1.29, 1.82) is 0 Å². The van der Waals surface area contributed by atoms with Gasteiger partial charge in [-0.1, -0.05) is 0 Å². The number of halogens is 3. The van der Waals surface area contributed by atoms with Gasteiger partial charge < -0.3 is 10.2 Å². The summed E-state index contributed by atoms with van der Waals surface area (Å²) in [6.45, 7) is 1.02. The van der Waals surface area contributed by atoms with Gasteiger partial charge in [0.1, 0.15) is 5.69 Å². The summed E-state index contributed by atoms with van der Waals surface area (Å²) in [5, 5.41) is 2.93. The zero-order valence-electron chi connectivity index (χ0n) is 19.7. The topological polar surface area (TPSA) is 103 Å². The lowest BCUT2D eigenvalue weighted by Gasteiger charge is -2.34. The fraction of sp³-hybridized carbons (Fsp3) is 0.435. The molecule has 1 aromatic carbocycles. The average Bonchev–Trinajstić information content (AvgIpc) is 3.27. The Bertz CT molecular complexity index is 1270. The first-order chi connectivity index (χ1) is 16.9. The summed E-state index contributed by atoms with van der Waals surface area (Å²) in [4.78, 5) is 32.4. The summed E-state index contributed by atoms with van der Waals surface area (Å²) < 4.78 is 64.2. The van der Waals surface area contributed by atoms with E-state index in [1.807, 2.05) is 0 Å². The summed E-state index contributed by atoms with van der Waals surface area (Å²) in [6.07, 6.45) is -1.90. The van der Waals surface area contributed by atoms with Crippen LogP contribution in [0.1, 0.15) is 34.5 Å². The Labute approximate surface area is 206 Å². The normalized spacial score (nSPS) is 18.3. The van der Waals surface area contributed by atoms with E-state index in [0.29, 0.717) is 38.0 Å². The summed E-state index contributed by atoms with van der Waals surface area (Å²) in [5.74, 6) is -0.448. The Morgan fingerprint density at radius 2 is 1.89 bits per heavy atom. The van der Waals surface area contributed by atoms with E-state index < -0.39 is 27.8 Å². The standard InChI is InChI=1S/C23H26F3N5O4S/c1-29(2)36(34,35)18-6-7-19-15(12-18)9-11-31(19)22(33)28-17-4-3-10-30(14-17)21(32)16-5-8-20(27-13-16)23(24,25)26/h5-8,12-13,17H,3-4,9-11,14H2,1-2H3,(H,28,33). The highest BCUT2D eigenvalue weighted by atomic mass is 32.2. The maximum Gasteiger partial charge on any atom is 0.433 e. The Kier molecular flexibility index (Phi) is 6.97. The van der Waals surface area contributed by atoms with Crippen molar-refractivity contribution in [2.45, 2.75) is 36.4 Å². The fourth-order valence-electron chi connectivity index (χ4n) is 4.36. The van der Waals surface area contributed by atoms with Gasteiger partial charge in [-0.3, -0.25) is 14.7 Å². The summed E-state index contributed by atoms with van der Waals surface area (Å²) in [6, 6.07) is 5.85. The van der Waals surface area contributed by atoms with Gasteiger partial charge >= 0.3 is 12.2 Å². The van der Waals surface area contributed by atoms with Gasteiger partial charge in [0.25, 0.3) is 5.91 Å². The molecule has 194 valence electrons. The van der Waals surface area contributed by atoms with Gasteiger partial charge in [-0.15, -0.1) is 0 Å². The number of likely N-dealkylation sites (tertiary alicyclic amines) is 1. The number of anilines is 1. The first kappa shape index (κ1) is 25.9. The minimum atomic E-state index is -4.58. The van der Waals surface area contributed by atoms with Crippen LogP contribution in [0.15, 0.2) is 41.4 Å². The molecule has 2 aromatic rings. The second kappa shape index (κ2) is 9.69. The molecule has 1 saturated heterocycles. The van der Waals surface area contributed by atoms with Gasteiger partial charge in [-0.25, -0.2) is 17.5 Å². The molecule has 2 aliphatic rings. The number of piperidine rings is 1. The molecule has 4 rings (SSSR count). The number of aromatic nitrogens is 1. The van der Waals surface area contributed by atoms with Crippen LogP contribution in [0.25, 0.3) is 0 Å². The second-order valence-electron chi connectivity index (χ2n) is 8.95. The lowest BCUT2D eigenvalue weighted by molar-refractivity contribution is -0.141. The van der Waals surface area contributed by atoms with Crippen LogP contribution in [0.2, 0.25) is 0 Å². The summed E-state index contributed by atoms with van der Waals surface area (Å²) in [7, 11) is -0.683. The number of benzene rings is 1. The number of hydrogen-bond acceptors (Lipinski definition) is 5. The predicted octanol–water partition coefficient (Wildman–Crippen LogP) is 2.73. The third-order valence-electron chi connectivity index (χ3n) is 6.31. The number of nitrogens with zero attached hydrogens (tertiary/aromatic N) is 4. The molecular weight excluding hydrogens is 499 g/mol. The van der Waals surface area contributed by atoms with E-state index in [1.54, 1.807) is 17.0 Å². The molecule has 1 unspecified atom stereocenters. The maximum absolute atomic E-state index is 13.0. The van der Waals surface area contributed by atoms with Crippen LogP contribution in [0.4, 0.5) is 23.7 Å². The molecule has 1 atom stereocenters. The van der Waals surface area contributed by atoms with Crippen LogP contribution in [0.3, 0.4) is 0 Å². The number of pyridine rings is 1. The van der Waals surface area contributed by atoms with E-state index in [2.05, 4.69) is 10.3 Å². The van der Waals surface area contributed by atoms with Gasteiger partial charge in [0, 0.05) is 51.7 Å². The zero-order valence-corrected chi connectivity index (χ0v) is 20.6. The first-order valence-electron chi connectivity index (χ1n) is 11.3. The summed E-state index contributed by atoms with van der Waals surface area (Å²) in [5.41, 5.74) is 0.361. The molecule has 3 heterocycles. The molecule has 1 N–H and O–H groups in total. The van der Waals surface area contributed by atoms with Crippen molar-refractivity contribution in [2.24, 2.45) is 0 Å². The van der Waals surface area contributed by atoms with Gasteiger partial charge in [-0.2, -0.15) is 13.2 Å². The Hall–Kier alpha value is -3.19. The van der Waals surface area contributed by atoms with Crippen molar-refractivity contribution in [3.8, 4) is 0 Å². The summed E-state index contributed by atoms with van der Waals surface area (Å²) >= 11 is 0. The molecule has 13 heteroatoms. The quantitative estimate of drug-likeness (QED) is 0.662. The van der Waals surface area contributed by atoms with Crippen molar-refractivity contribution in [3.05, 3.63) is 53.3 Å². The van der Waals surface area contributed by atoms with Crippen molar-refractivity contribution in [1.82, 2.24) is 19.5 Å². The number of alkyl halides is 3. The van der Waals surface area contributed by atoms with Crippen LogP contribution < -0.4 is 10.2 Å². The Morgan fingerprint density at radius 1 is 1.14 bits per heavy atom. The third-order valence-corrected chi connectivity index (χ3v) is 8.12. The minimum Gasteiger partial charge on any atom is -0.337 e. The van der Waals surface area contributed by atoms with Crippen molar-refractivity contribution < 1.29 is 31.2 Å². The van der Waals surface area contributed by atoms with Crippen LogP contribution in [-0.4, -0.2) is 74.3 Å². The largest absolute Gasteiger partial charge is 0.433 e. The highest BCUT2D eigenvalue weighted by Crippen LogP contribution is 2.31. The molecule has 3 amide bonds. The van der Waals surface area contributed by atoms with Crippen LogP contribution in [-0.2, 0) is 22.6 Å². The van der Waals surface area contributed by atoms with Crippen LogP contribution in [0, 0.1) is 0 Å². The monoisotopic (exact) mass is 525 g/mol. The molecule has 0 radical (unpaired) electrons. The molecular formula is C23H26F3N5O4S. The van der Waals surface area contributed by atoms with Crippen molar-refractivity contribution >= 4 is 27.6 Å². The van der Waals surface area contributed by atoms with Gasteiger partial charge in [-0.05, 0) is 55.2 Å². The zero-order chi connectivity index (χ0) is 26.3. The molecule has 1 fully saturated rings. The first-order valence-corrected chi connectivity index (χ1v) is 12.8.